The van der Waals surface area contributed by atoms with Crippen LogP contribution < -0.4 is 16.0 Å². The molecule has 0 saturated carbocycles. The van der Waals surface area contributed by atoms with E-state index in [1.165, 1.54) is 9.13 Å². The van der Waals surface area contributed by atoms with Crippen molar-refractivity contribution in [3.63, 3.8) is 0 Å². The van der Waals surface area contributed by atoms with Crippen LogP contribution in [0.5, 0.6) is 5.88 Å². The lowest BCUT2D eigenvalue weighted by molar-refractivity contribution is -0.163. The molecule has 1 aliphatic rings. The molecule has 0 radical (unpaired) electrons. The Labute approximate surface area is 240 Å². The fourth-order valence-electron chi connectivity index (χ4n) is 4.85. The third-order valence-electron chi connectivity index (χ3n) is 6.92. The largest absolute Gasteiger partial charge is 0.476 e. The molecule has 0 aliphatic carbocycles. The van der Waals surface area contributed by atoms with Gasteiger partial charge in [-0.25, -0.2) is 19.7 Å². The summed E-state index contributed by atoms with van der Waals surface area (Å²) in [5.41, 5.74) is 1.25. The van der Waals surface area contributed by atoms with Crippen molar-refractivity contribution in [3.8, 4) is 17.4 Å². The smallest absolute Gasteiger partial charge is 0.332 e. The molecule has 1 aliphatic heterocycles. The van der Waals surface area contributed by atoms with Crippen molar-refractivity contribution in [2.24, 2.45) is 5.92 Å². The third-order valence-corrected chi connectivity index (χ3v) is 6.92. The van der Waals surface area contributed by atoms with E-state index in [-0.39, 0.29) is 18.8 Å². The fourth-order valence-corrected chi connectivity index (χ4v) is 4.85. The van der Waals surface area contributed by atoms with Crippen molar-refractivity contribution >= 4 is 11.2 Å². The third kappa shape index (κ3) is 7.02. The van der Waals surface area contributed by atoms with Gasteiger partial charge in [0.05, 0.1) is 13.2 Å². The average Bonchev–Trinajstić information content (AvgIpc) is 3.34. The molecular weight excluding hydrogens is 524 g/mol. The van der Waals surface area contributed by atoms with E-state index >= 15 is 0 Å². The molecule has 41 heavy (non-hydrogen) atoms. The van der Waals surface area contributed by atoms with Crippen molar-refractivity contribution in [2.45, 2.75) is 86.2 Å². The first-order valence-corrected chi connectivity index (χ1v) is 14.6. The van der Waals surface area contributed by atoms with Crippen molar-refractivity contribution < 1.29 is 14.2 Å². The summed E-state index contributed by atoms with van der Waals surface area (Å²) in [5.74, 6) is 1.03. The predicted molar refractivity (Wildman–Crippen MR) is 158 cm³/mol. The van der Waals surface area contributed by atoms with Crippen LogP contribution in [0.4, 0.5) is 0 Å². The molecule has 11 nitrogen and oxygen atoms in total. The van der Waals surface area contributed by atoms with Gasteiger partial charge in [-0.05, 0) is 57.9 Å². The summed E-state index contributed by atoms with van der Waals surface area (Å²) < 4.78 is 22.1. The van der Waals surface area contributed by atoms with Crippen LogP contribution in [0.1, 0.15) is 60.3 Å². The molecule has 3 aromatic heterocycles. The molecule has 1 atom stereocenters. The van der Waals surface area contributed by atoms with Crippen molar-refractivity contribution in [1.82, 2.24) is 28.7 Å². The molecule has 1 unspecified atom stereocenters. The van der Waals surface area contributed by atoms with E-state index in [1.807, 2.05) is 43.6 Å². The van der Waals surface area contributed by atoms with Crippen molar-refractivity contribution in [3.05, 3.63) is 57.0 Å². The number of imidazole rings is 1. The maximum absolute atomic E-state index is 14.0. The Bertz CT molecular complexity index is 1490. The van der Waals surface area contributed by atoms with Crippen molar-refractivity contribution in [1.29, 1.82) is 0 Å². The molecule has 0 amide bonds. The van der Waals surface area contributed by atoms with Gasteiger partial charge < -0.3 is 18.8 Å². The Hall–Kier alpha value is -3.57. The first-order chi connectivity index (χ1) is 19.9. The molecule has 4 rings (SSSR count). The molecule has 11 heteroatoms. The number of nitrogens with zero attached hydrogens (tertiary/aromatic N) is 6. The molecule has 222 valence electrons. The highest BCUT2D eigenvalue weighted by atomic mass is 16.7. The number of aryl methyl sites for hydroxylation is 1. The van der Waals surface area contributed by atoms with Gasteiger partial charge in [0.1, 0.15) is 0 Å². The van der Waals surface area contributed by atoms with Gasteiger partial charge in [-0.15, -0.1) is 0 Å². The summed E-state index contributed by atoms with van der Waals surface area (Å²) in [6.45, 7) is 12.3. The normalized spacial score (nSPS) is 16.3. The summed E-state index contributed by atoms with van der Waals surface area (Å²) >= 11 is 0. The number of hydrogen-bond donors (Lipinski definition) is 0. The Morgan fingerprint density at radius 1 is 1.15 bits per heavy atom. The monoisotopic (exact) mass is 566 g/mol. The highest BCUT2D eigenvalue weighted by Crippen LogP contribution is 2.28. The summed E-state index contributed by atoms with van der Waals surface area (Å²) in [5, 5.41) is 0. The first-order valence-electron chi connectivity index (χ1n) is 14.6. The van der Waals surface area contributed by atoms with E-state index in [0.717, 1.165) is 24.8 Å². The topological polar surface area (TPSA) is 115 Å². The van der Waals surface area contributed by atoms with Crippen LogP contribution in [0.25, 0.3) is 22.7 Å². The Kier molecular flexibility index (Phi) is 10.6. The van der Waals surface area contributed by atoms with E-state index in [4.69, 9.17) is 19.2 Å². The number of ether oxygens (including phenoxy) is 3. The molecule has 1 fully saturated rings. The van der Waals surface area contributed by atoms with E-state index in [9.17, 15) is 9.59 Å². The zero-order valence-electron chi connectivity index (χ0n) is 24.8. The molecule has 0 N–H and O–H groups in total. The molecule has 4 heterocycles. The van der Waals surface area contributed by atoms with Crippen LogP contribution in [0, 0.1) is 5.92 Å². The van der Waals surface area contributed by atoms with Gasteiger partial charge in [0.25, 0.3) is 5.56 Å². The second-order valence-electron chi connectivity index (χ2n) is 10.5. The lowest BCUT2D eigenvalue weighted by Gasteiger charge is -2.22. The zero-order chi connectivity index (χ0) is 29.4. The number of rotatable bonds is 13. The van der Waals surface area contributed by atoms with E-state index in [1.54, 1.807) is 12.4 Å². The average molecular weight is 567 g/mol. The standard InChI is InChI=1S/C30H42N6O5/c1-6-12-22(7-2)19-36-25-27(33-26(36)24-28(32-15-14-31-24)41-20-21(4)5)34(8-3)30(38)35(29(25)37)16-11-18-40-23-13-9-10-17-39-23/h6-7,12,14-15,21,23H,8-11,13,16-20H2,1-5H3/b12-6-,22-7+. The minimum absolute atomic E-state index is 0.218. The summed E-state index contributed by atoms with van der Waals surface area (Å²) in [7, 11) is 0. The van der Waals surface area contributed by atoms with Crippen LogP contribution in [0.3, 0.4) is 0 Å². The second kappa shape index (κ2) is 14.4. The predicted octanol–water partition coefficient (Wildman–Crippen LogP) is 4.33. The minimum atomic E-state index is -0.398. The van der Waals surface area contributed by atoms with Gasteiger partial charge in [0, 0.05) is 38.6 Å². The number of allylic oxidation sites excluding steroid dienone is 4. The second-order valence-corrected chi connectivity index (χ2v) is 10.5. The molecule has 1 saturated heterocycles. The van der Waals surface area contributed by atoms with Crippen LogP contribution in [0.2, 0.25) is 0 Å². The lowest BCUT2D eigenvalue weighted by Crippen LogP contribution is -2.40. The summed E-state index contributed by atoms with van der Waals surface area (Å²) in [6.07, 6.45) is 12.3. The number of fused-ring (bicyclic) bond motifs is 1. The van der Waals surface area contributed by atoms with E-state index < -0.39 is 11.2 Å². The van der Waals surface area contributed by atoms with Gasteiger partial charge in [-0.2, -0.15) is 0 Å². The SMILES string of the molecule is C/C=C\C(=C/C)Cn1c(-c2nccnc2OCC(C)C)nc2c1c(=O)n(CCCOC1CCCCO1)c(=O)n2CC. The molecule has 0 aromatic carbocycles. The Morgan fingerprint density at radius 2 is 1.95 bits per heavy atom. The van der Waals surface area contributed by atoms with Gasteiger partial charge >= 0.3 is 5.69 Å². The molecule has 0 bridgehead atoms. The first kappa shape index (κ1) is 30.4. The number of hydrogen-bond acceptors (Lipinski definition) is 8. The van der Waals surface area contributed by atoms with Crippen molar-refractivity contribution in [2.75, 3.05) is 19.8 Å². The van der Waals surface area contributed by atoms with Gasteiger partial charge in [0.2, 0.25) is 5.88 Å². The van der Waals surface area contributed by atoms with E-state index in [0.29, 0.717) is 67.9 Å². The van der Waals surface area contributed by atoms with Crippen LogP contribution in [-0.4, -0.2) is 54.8 Å². The van der Waals surface area contributed by atoms with Crippen LogP contribution in [-0.2, 0) is 29.1 Å². The number of aromatic nitrogens is 6. The molecule has 0 spiro atoms. The highest BCUT2D eigenvalue weighted by Gasteiger charge is 2.25. The maximum Gasteiger partial charge on any atom is 0.332 e. The van der Waals surface area contributed by atoms with Gasteiger partial charge in [0.15, 0.2) is 29.0 Å². The Morgan fingerprint density at radius 3 is 2.63 bits per heavy atom. The van der Waals surface area contributed by atoms with Crippen LogP contribution >= 0.6 is 0 Å². The summed E-state index contributed by atoms with van der Waals surface area (Å²) in [6, 6.07) is 0. The highest BCUT2D eigenvalue weighted by molar-refractivity contribution is 5.77. The zero-order valence-corrected chi connectivity index (χ0v) is 24.8. The molecular formula is C30H42N6O5. The maximum atomic E-state index is 14.0. The van der Waals surface area contributed by atoms with Gasteiger partial charge in [-0.3, -0.25) is 13.9 Å². The summed E-state index contributed by atoms with van der Waals surface area (Å²) in [4.78, 5) is 41.4. The van der Waals surface area contributed by atoms with Crippen LogP contribution in [0.15, 0.2) is 45.8 Å². The minimum Gasteiger partial charge on any atom is -0.476 e. The van der Waals surface area contributed by atoms with Gasteiger partial charge in [-0.1, -0.05) is 32.1 Å². The Balaban J connectivity index is 1.82. The quantitative estimate of drug-likeness (QED) is 0.222. The lowest BCUT2D eigenvalue weighted by atomic mass is 10.2. The fraction of sp³-hybridized carbons (Fsp3) is 0.567. The molecule has 3 aromatic rings. The van der Waals surface area contributed by atoms with E-state index in [2.05, 4.69) is 23.8 Å².